The molecule has 0 fully saturated rings. The molecule has 2 aromatic carbocycles. The van der Waals surface area contributed by atoms with Gasteiger partial charge in [0.2, 0.25) is 5.88 Å². The van der Waals surface area contributed by atoms with Crippen LogP contribution in [0.3, 0.4) is 0 Å². The average molecular weight is 374 g/mol. The second kappa shape index (κ2) is 5.85. The number of halogens is 1. The largest absolute Gasteiger partial charge is 0.508 e. The fourth-order valence-corrected chi connectivity index (χ4v) is 2.50. The predicted octanol–water partition coefficient (Wildman–Crippen LogP) is 4.57. The molecule has 0 aliphatic carbocycles. The Bertz CT molecular complexity index is 930. The normalized spacial score (nSPS) is 11.4. The number of carbonyl (C=O) groups is 1. The van der Waals surface area contributed by atoms with Crippen LogP contribution in [-0.2, 0) is 0 Å². The van der Waals surface area contributed by atoms with Crippen molar-refractivity contribution < 1.29 is 15.0 Å². The number of aryl methyl sites for hydroxylation is 1. The molecule has 1 aromatic heterocycles. The number of hydrogen-bond donors (Lipinski definition) is 3. The number of nitrogens with zero attached hydrogens (tertiary/aromatic N) is 2. The van der Waals surface area contributed by atoms with E-state index < -0.39 is 5.91 Å². The van der Waals surface area contributed by atoms with E-state index in [9.17, 15) is 15.0 Å². The summed E-state index contributed by atoms with van der Waals surface area (Å²) in [5.41, 5.74) is 2.16. The van der Waals surface area contributed by atoms with Gasteiger partial charge in [0.05, 0.1) is 5.52 Å². The molecule has 23 heavy (non-hydrogen) atoms. The van der Waals surface area contributed by atoms with Gasteiger partial charge in [0, 0.05) is 15.4 Å². The van der Waals surface area contributed by atoms with Crippen LogP contribution in [0.1, 0.15) is 15.9 Å². The highest BCUT2D eigenvalue weighted by Crippen LogP contribution is 2.37. The van der Waals surface area contributed by atoms with Crippen LogP contribution < -0.4 is 0 Å². The smallest absolute Gasteiger partial charge is 0.295 e. The zero-order valence-corrected chi connectivity index (χ0v) is 13.6. The van der Waals surface area contributed by atoms with Gasteiger partial charge in [0.25, 0.3) is 5.91 Å². The molecule has 0 atom stereocenters. The van der Waals surface area contributed by atoms with Crippen LogP contribution in [0.4, 0.5) is 5.69 Å². The first-order valence-corrected chi connectivity index (χ1v) is 7.51. The summed E-state index contributed by atoms with van der Waals surface area (Å²) in [6.45, 7) is 1.91. The van der Waals surface area contributed by atoms with Crippen LogP contribution in [-0.4, -0.2) is 21.1 Å². The van der Waals surface area contributed by atoms with Gasteiger partial charge in [-0.3, -0.25) is 4.79 Å². The maximum Gasteiger partial charge on any atom is 0.295 e. The summed E-state index contributed by atoms with van der Waals surface area (Å²) in [5, 5.41) is 27.4. The minimum absolute atomic E-state index is 0.0637. The standard InChI is InChI=1S/C16H12BrN3O3/c1-8-6-11-13(7-12(8)17)18-16(23)14(11)19-20-15(22)9-2-4-10(21)5-3-9/h2-7,18,21,23H,1H3. The monoisotopic (exact) mass is 373 g/mol. The van der Waals surface area contributed by atoms with Crippen molar-refractivity contribution in [2.24, 2.45) is 10.2 Å². The number of benzene rings is 2. The zero-order valence-electron chi connectivity index (χ0n) is 12.0. The number of phenols is 1. The van der Waals surface area contributed by atoms with Gasteiger partial charge in [-0.05, 0) is 48.9 Å². The number of aromatic amines is 1. The van der Waals surface area contributed by atoms with Gasteiger partial charge < -0.3 is 15.2 Å². The molecule has 0 spiro atoms. The SMILES string of the molecule is Cc1cc2c(N=NC(=O)c3ccc(O)cc3)c(O)[nH]c2cc1Br. The summed E-state index contributed by atoms with van der Waals surface area (Å²) in [5.74, 6) is -0.652. The van der Waals surface area contributed by atoms with E-state index in [4.69, 9.17) is 0 Å². The topological polar surface area (TPSA) is 98.0 Å². The van der Waals surface area contributed by atoms with Crippen LogP contribution in [0.15, 0.2) is 51.1 Å². The lowest BCUT2D eigenvalue weighted by Crippen LogP contribution is -1.92. The van der Waals surface area contributed by atoms with Gasteiger partial charge in [0.15, 0.2) is 5.69 Å². The first kappa shape index (κ1) is 15.2. The van der Waals surface area contributed by atoms with Crippen molar-refractivity contribution >= 4 is 38.4 Å². The maximum absolute atomic E-state index is 12.0. The molecule has 0 aliphatic heterocycles. The number of carbonyl (C=O) groups excluding carboxylic acids is 1. The first-order chi connectivity index (χ1) is 11.0. The molecule has 0 unspecified atom stereocenters. The van der Waals surface area contributed by atoms with E-state index in [0.29, 0.717) is 16.5 Å². The lowest BCUT2D eigenvalue weighted by atomic mass is 10.1. The Morgan fingerprint density at radius 3 is 2.57 bits per heavy atom. The zero-order chi connectivity index (χ0) is 16.6. The molecular formula is C16H12BrN3O3. The number of fused-ring (bicyclic) bond motifs is 1. The van der Waals surface area contributed by atoms with Crippen LogP contribution in [0.2, 0.25) is 0 Å². The Morgan fingerprint density at radius 1 is 1.17 bits per heavy atom. The second-order valence-corrected chi connectivity index (χ2v) is 5.88. The van der Waals surface area contributed by atoms with Crippen molar-refractivity contribution in [2.75, 3.05) is 0 Å². The van der Waals surface area contributed by atoms with Gasteiger partial charge in [0.1, 0.15) is 5.75 Å². The molecule has 0 saturated carbocycles. The number of aromatic nitrogens is 1. The molecule has 1 amide bonds. The second-order valence-electron chi connectivity index (χ2n) is 5.02. The summed E-state index contributed by atoms with van der Waals surface area (Å²) in [4.78, 5) is 14.8. The minimum Gasteiger partial charge on any atom is -0.508 e. The van der Waals surface area contributed by atoms with Crippen molar-refractivity contribution in [3.05, 3.63) is 52.0 Å². The lowest BCUT2D eigenvalue weighted by molar-refractivity contribution is 0.0995. The van der Waals surface area contributed by atoms with E-state index in [2.05, 4.69) is 31.1 Å². The Hall–Kier alpha value is -2.67. The Morgan fingerprint density at radius 2 is 1.87 bits per heavy atom. The number of aromatic hydroxyl groups is 2. The lowest BCUT2D eigenvalue weighted by Gasteiger charge is -1.98. The number of rotatable bonds is 2. The van der Waals surface area contributed by atoms with E-state index in [1.165, 1.54) is 24.3 Å². The molecule has 7 heteroatoms. The van der Waals surface area contributed by atoms with Crippen LogP contribution in [0.25, 0.3) is 10.9 Å². The van der Waals surface area contributed by atoms with Gasteiger partial charge >= 0.3 is 0 Å². The van der Waals surface area contributed by atoms with Gasteiger partial charge in [-0.15, -0.1) is 10.2 Å². The van der Waals surface area contributed by atoms with E-state index in [-0.39, 0.29) is 17.3 Å². The molecule has 116 valence electrons. The van der Waals surface area contributed by atoms with Gasteiger partial charge in [-0.25, -0.2) is 0 Å². The highest BCUT2D eigenvalue weighted by atomic mass is 79.9. The third-order valence-corrected chi connectivity index (χ3v) is 4.24. The molecule has 0 saturated heterocycles. The van der Waals surface area contributed by atoms with E-state index in [1.807, 2.05) is 19.1 Å². The Labute approximate surface area is 139 Å². The van der Waals surface area contributed by atoms with Crippen LogP contribution in [0.5, 0.6) is 11.6 Å². The fraction of sp³-hybridized carbons (Fsp3) is 0.0625. The highest BCUT2D eigenvalue weighted by molar-refractivity contribution is 9.10. The third kappa shape index (κ3) is 2.95. The molecule has 3 rings (SSSR count). The predicted molar refractivity (Wildman–Crippen MR) is 89.4 cm³/mol. The average Bonchev–Trinajstić information content (AvgIpc) is 2.81. The van der Waals surface area contributed by atoms with Gasteiger partial charge in [-0.2, -0.15) is 0 Å². The Kier molecular flexibility index (Phi) is 3.87. The number of azo groups is 1. The summed E-state index contributed by atoms with van der Waals surface area (Å²) < 4.78 is 0.898. The van der Waals surface area contributed by atoms with E-state index >= 15 is 0 Å². The number of phenolic OH excluding ortho intramolecular Hbond substituents is 1. The third-order valence-electron chi connectivity index (χ3n) is 3.39. The summed E-state index contributed by atoms with van der Waals surface area (Å²) in [7, 11) is 0. The van der Waals surface area contributed by atoms with E-state index in [0.717, 1.165) is 10.0 Å². The summed E-state index contributed by atoms with van der Waals surface area (Å²) in [6.07, 6.45) is 0. The molecule has 1 heterocycles. The molecule has 6 nitrogen and oxygen atoms in total. The summed E-state index contributed by atoms with van der Waals surface area (Å²) >= 11 is 3.42. The fourth-order valence-electron chi connectivity index (χ4n) is 2.15. The molecular weight excluding hydrogens is 362 g/mol. The van der Waals surface area contributed by atoms with Crippen molar-refractivity contribution in [1.82, 2.24) is 4.98 Å². The van der Waals surface area contributed by atoms with E-state index in [1.54, 1.807) is 0 Å². The number of amides is 1. The molecule has 0 bridgehead atoms. The molecule has 0 radical (unpaired) electrons. The van der Waals surface area contributed by atoms with Crippen molar-refractivity contribution in [2.45, 2.75) is 6.92 Å². The van der Waals surface area contributed by atoms with Crippen molar-refractivity contribution in [1.29, 1.82) is 0 Å². The highest BCUT2D eigenvalue weighted by Gasteiger charge is 2.13. The van der Waals surface area contributed by atoms with Gasteiger partial charge in [-0.1, -0.05) is 15.9 Å². The molecule has 3 aromatic rings. The number of nitrogens with one attached hydrogen (secondary N) is 1. The van der Waals surface area contributed by atoms with Crippen molar-refractivity contribution in [3.8, 4) is 11.6 Å². The molecule has 3 N–H and O–H groups in total. The summed E-state index contributed by atoms with van der Waals surface area (Å²) in [6, 6.07) is 9.36. The van der Waals surface area contributed by atoms with Crippen LogP contribution >= 0.6 is 15.9 Å². The number of hydrogen-bond acceptors (Lipinski definition) is 4. The molecule has 0 aliphatic rings. The minimum atomic E-state index is -0.562. The quantitative estimate of drug-likeness (QED) is 0.573. The number of H-pyrrole nitrogens is 1. The maximum atomic E-state index is 12.0. The van der Waals surface area contributed by atoms with Crippen LogP contribution in [0, 0.1) is 6.92 Å². The Balaban J connectivity index is 1.97. The van der Waals surface area contributed by atoms with Crippen molar-refractivity contribution in [3.63, 3.8) is 0 Å². The first-order valence-electron chi connectivity index (χ1n) is 6.71.